The molecule has 1 unspecified atom stereocenters. The zero-order valence-corrected chi connectivity index (χ0v) is 10.3. The molecule has 0 fully saturated rings. The van der Waals surface area contributed by atoms with Crippen LogP contribution in [0.3, 0.4) is 0 Å². The van der Waals surface area contributed by atoms with Gasteiger partial charge in [-0.15, -0.1) is 0 Å². The molecule has 0 aromatic heterocycles. The molecule has 0 aliphatic rings. The van der Waals surface area contributed by atoms with Crippen LogP contribution in [0.25, 0.3) is 0 Å². The lowest BCUT2D eigenvalue weighted by molar-refractivity contribution is 0.0979. The molecular weight excluding hydrogens is 251 g/mol. The Morgan fingerprint density at radius 2 is 2.06 bits per heavy atom. The molecule has 0 spiro atoms. The SMILES string of the molecule is CCCNC(Cc1cccc(Cl)c1F)C(F)F. The van der Waals surface area contributed by atoms with Crippen LogP contribution in [-0.2, 0) is 6.42 Å². The molecule has 0 bridgehead atoms. The van der Waals surface area contributed by atoms with Gasteiger partial charge in [0.1, 0.15) is 5.82 Å². The van der Waals surface area contributed by atoms with Gasteiger partial charge < -0.3 is 5.32 Å². The van der Waals surface area contributed by atoms with Gasteiger partial charge in [0, 0.05) is 0 Å². The maximum absolute atomic E-state index is 13.5. The second kappa shape index (κ2) is 6.87. The van der Waals surface area contributed by atoms with Crippen LogP contribution in [0.4, 0.5) is 13.2 Å². The van der Waals surface area contributed by atoms with Gasteiger partial charge in [-0.3, -0.25) is 0 Å². The number of rotatable bonds is 6. The number of nitrogens with one attached hydrogen (secondary N) is 1. The lowest BCUT2D eigenvalue weighted by Gasteiger charge is -2.18. The van der Waals surface area contributed by atoms with Gasteiger partial charge in [0.05, 0.1) is 11.1 Å². The molecule has 1 nitrogen and oxygen atoms in total. The second-order valence-electron chi connectivity index (χ2n) is 3.81. The maximum atomic E-state index is 13.5. The quantitative estimate of drug-likeness (QED) is 0.828. The summed E-state index contributed by atoms with van der Waals surface area (Å²) in [6, 6.07) is 3.40. The first-order valence-electron chi connectivity index (χ1n) is 5.50. The normalized spacial score (nSPS) is 13.1. The molecule has 5 heteroatoms. The summed E-state index contributed by atoms with van der Waals surface area (Å²) in [6.07, 6.45) is -1.84. The maximum Gasteiger partial charge on any atom is 0.254 e. The Balaban J connectivity index is 2.75. The third-order valence-electron chi connectivity index (χ3n) is 2.43. The molecule has 17 heavy (non-hydrogen) atoms. The van der Waals surface area contributed by atoms with Gasteiger partial charge in [-0.25, -0.2) is 13.2 Å². The molecule has 0 heterocycles. The van der Waals surface area contributed by atoms with E-state index in [1.54, 1.807) is 6.07 Å². The van der Waals surface area contributed by atoms with Crippen molar-refractivity contribution in [3.05, 3.63) is 34.6 Å². The molecule has 96 valence electrons. The van der Waals surface area contributed by atoms with Crippen molar-refractivity contribution < 1.29 is 13.2 Å². The minimum Gasteiger partial charge on any atom is -0.309 e. The molecule has 0 radical (unpaired) electrons. The van der Waals surface area contributed by atoms with Gasteiger partial charge in [-0.05, 0) is 31.0 Å². The first-order valence-corrected chi connectivity index (χ1v) is 5.88. The van der Waals surface area contributed by atoms with Crippen LogP contribution in [0.2, 0.25) is 5.02 Å². The van der Waals surface area contributed by atoms with E-state index in [2.05, 4.69) is 5.32 Å². The molecular formula is C12H15ClF3N. The zero-order chi connectivity index (χ0) is 12.8. The van der Waals surface area contributed by atoms with Gasteiger partial charge in [0.2, 0.25) is 0 Å². The Morgan fingerprint density at radius 3 is 2.65 bits per heavy atom. The molecule has 1 N–H and O–H groups in total. The van der Waals surface area contributed by atoms with Crippen molar-refractivity contribution in [3.8, 4) is 0 Å². The lowest BCUT2D eigenvalue weighted by Crippen LogP contribution is -2.38. The summed E-state index contributed by atoms with van der Waals surface area (Å²) in [5.41, 5.74) is 0.214. The first-order chi connectivity index (χ1) is 8.06. The van der Waals surface area contributed by atoms with E-state index in [0.29, 0.717) is 6.54 Å². The van der Waals surface area contributed by atoms with Crippen molar-refractivity contribution in [2.24, 2.45) is 0 Å². The Labute approximate surface area is 104 Å². The van der Waals surface area contributed by atoms with Crippen LogP contribution >= 0.6 is 11.6 Å². The zero-order valence-electron chi connectivity index (χ0n) is 9.52. The minimum atomic E-state index is -2.53. The number of benzene rings is 1. The second-order valence-corrected chi connectivity index (χ2v) is 4.22. The van der Waals surface area contributed by atoms with E-state index in [1.807, 2.05) is 6.92 Å². The predicted octanol–water partition coefficient (Wildman–Crippen LogP) is 3.65. The summed E-state index contributed by atoms with van der Waals surface area (Å²) < 4.78 is 39.0. The highest BCUT2D eigenvalue weighted by Gasteiger charge is 2.21. The number of alkyl halides is 2. The fourth-order valence-corrected chi connectivity index (χ4v) is 1.72. The van der Waals surface area contributed by atoms with E-state index in [1.165, 1.54) is 12.1 Å². The van der Waals surface area contributed by atoms with Crippen LogP contribution in [0.5, 0.6) is 0 Å². The molecule has 0 saturated carbocycles. The Hall–Kier alpha value is -0.740. The Kier molecular flexibility index (Phi) is 5.78. The molecule has 1 aromatic carbocycles. The highest BCUT2D eigenvalue weighted by molar-refractivity contribution is 6.30. The largest absolute Gasteiger partial charge is 0.309 e. The Bertz CT molecular complexity index is 358. The monoisotopic (exact) mass is 265 g/mol. The van der Waals surface area contributed by atoms with Crippen LogP contribution in [0.1, 0.15) is 18.9 Å². The third kappa shape index (κ3) is 4.21. The first kappa shape index (κ1) is 14.3. The topological polar surface area (TPSA) is 12.0 Å². The average Bonchev–Trinajstić information content (AvgIpc) is 2.29. The van der Waals surface area contributed by atoms with Gasteiger partial charge in [-0.2, -0.15) is 0 Å². The average molecular weight is 266 g/mol. The summed E-state index contributed by atoms with van der Waals surface area (Å²) in [5, 5.41) is 2.67. The molecule has 0 saturated heterocycles. The van der Waals surface area contributed by atoms with E-state index >= 15 is 0 Å². The van der Waals surface area contributed by atoms with Gasteiger partial charge in [0.25, 0.3) is 6.43 Å². The van der Waals surface area contributed by atoms with Crippen molar-refractivity contribution in [3.63, 3.8) is 0 Å². The fourth-order valence-electron chi connectivity index (χ4n) is 1.52. The van der Waals surface area contributed by atoms with E-state index in [4.69, 9.17) is 11.6 Å². The van der Waals surface area contributed by atoms with Crippen molar-refractivity contribution >= 4 is 11.6 Å². The molecule has 1 atom stereocenters. The van der Waals surface area contributed by atoms with Crippen molar-refractivity contribution in [2.75, 3.05) is 6.54 Å². The fraction of sp³-hybridized carbons (Fsp3) is 0.500. The summed E-state index contributed by atoms with van der Waals surface area (Å²) >= 11 is 5.60. The summed E-state index contributed by atoms with van der Waals surface area (Å²) in [6.45, 7) is 2.37. The van der Waals surface area contributed by atoms with Crippen molar-refractivity contribution in [1.82, 2.24) is 5.32 Å². The van der Waals surface area contributed by atoms with Gasteiger partial charge >= 0.3 is 0 Å². The van der Waals surface area contributed by atoms with Crippen LogP contribution < -0.4 is 5.32 Å². The molecule has 0 aliphatic heterocycles. The Morgan fingerprint density at radius 1 is 1.35 bits per heavy atom. The highest BCUT2D eigenvalue weighted by Crippen LogP contribution is 2.20. The minimum absolute atomic E-state index is 0.0361. The number of halogens is 4. The highest BCUT2D eigenvalue weighted by atomic mass is 35.5. The molecule has 0 aliphatic carbocycles. The van der Waals surface area contributed by atoms with Crippen LogP contribution in [-0.4, -0.2) is 19.0 Å². The summed E-state index contributed by atoms with van der Waals surface area (Å²) in [7, 11) is 0. The summed E-state index contributed by atoms with van der Waals surface area (Å²) in [4.78, 5) is 0. The van der Waals surface area contributed by atoms with Gasteiger partial charge in [-0.1, -0.05) is 30.7 Å². The third-order valence-corrected chi connectivity index (χ3v) is 2.72. The number of hydrogen-bond acceptors (Lipinski definition) is 1. The van der Waals surface area contributed by atoms with E-state index < -0.39 is 18.3 Å². The van der Waals surface area contributed by atoms with Gasteiger partial charge in [0.15, 0.2) is 0 Å². The van der Waals surface area contributed by atoms with Crippen molar-refractivity contribution in [1.29, 1.82) is 0 Å². The standard InChI is InChI=1S/C12H15ClF3N/c1-2-6-17-10(12(15)16)7-8-4-3-5-9(13)11(8)14/h3-5,10,12,17H,2,6-7H2,1H3. The van der Waals surface area contributed by atoms with Crippen LogP contribution in [0.15, 0.2) is 18.2 Å². The molecule has 0 amide bonds. The smallest absolute Gasteiger partial charge is 0.254 e. The molecule has 1 rings (SSSR count). The van der Waals surface area contributed by atoms with E-state index in [0.717, 1.165) is 6.42 Å². The lowest BCUT2D eigenvalue weighted by atomic mass is 10.1. The van der Waals surface area contributed by atoms with E-state index in [9.17, 15) is 13.2 Å². The van der Waals surface area contributed by atoms with E-state index in [-0.39, 0.29) is 17.0 Å². The summed E-state index contributed by atoms with van der Waals surface area (Å²) in [5.74, 6) is -0.613. The van der Waals surface area contributed by atoms with Crippen molar-refractivity contribution in [2.45, 2.75) is 32.2 Å². The molecule has 1 aromatic rings. The van der Waals surface area contributed by atoms with Crippen LogP contribution in [0, 0.1) is 5.82 Å². The number of hydrogen-bond donors (Lipinski definition) is 1. The predicted molar refractivity (Wildman–Crippen MR) is 63.2 cm³/mol.